The van der Waals surface area contributed by atoms with E-state index in [-0.39, 0.29) is 6.67 Å². The summed E-state index contributed by atoms with van der Waals surface area (Å²) in [4.78, 5) is 1.17. The van der Waals surface area contributed by atoms with Gasteiger partial charge in [-0.15, -0.1) is 11.8 Å². The fourth-order valence-electron chi connectivity index (χ4n) is 1.45. The molecule has 0 unspecified atom stereocenters. The number of rotatable bonds is 6. The quantitative estimate of drug-likeness (QED) is 0.747. The standard InChI is InChI=1S/C12H16FNS/c13-6-7-15-12-3-1-2-10(8-12)9-14-11-4-5-11/h1-3,8,11,14H,4-7,9H2. The normalized spacial score (nSPS) is 15.5. The van der Waals surface area contributed by atoms with Crippen molar-refractivity contribution >= 4 is 11.8 Å². The third-order valence-corrected chi connectivity index (χ3v) is 3.36. The average molecular weight is 225 g/mol. The molecule has 1 aliphatic carbocycles. The fraction of sp³-hybridized carbons (Fsp3) is 0.500. The van der Waals surface area contributed by atoms with Crippen molar-refractivity contribution in [2.75, 3.05) is 12.4 Å². The molecular weight excluding hydrogens is 209 g/mol. The van der Waals surface area contributed by atoms with Crippen molar-refractivity contribution in [2.24, 2.45) is 0 Å². The van der Waals surface area contributed by atoms with Gasteiger partial charge >= 0.3 is 0 Å². The summed E-state index contributed by atoms with van der Waals surface area (Å²) in [6.07, 6.45) is 2.63. The van der Waals surface area contributed by atoms with Gasteiger partial charge in [0.1, 0.15) is 0 Å². The second-order valence-corrected chi connectivity index (χ2v) is 5.01. The SMILES string of the molecule is FCCSc1cccc(CNC2CC2)c1. The number of nitrogens with one attached hydrogen (secondary N) is 1. The molecule has 1 aliphatic rings. The minimum atomic E-state index is -0.255. The van der Waals surface area contributed by atoms with E-state index in [0.29, 0.717) is 5.75 Å². The van der Waals surface area contributed by atoms with E-state index in [1.807, 2.05) is 12.1 Å². The van der Waals surface area contributed by atoms with Crippen molar-refractivity contribution in [3.8, 4) is 0 Å². The number of hydrogen-bond donors (Lipinski definition) is 1. The number of alkyl halides is 1. The van der Waals surface area contributed by atoms with Gasteiger partial charge in [-0.05, 0) is 30.5 Å². The summed E-state index contributed by atoms with van der Waals surface area (Å²) < 4.78 is 12.0. The maximum absolute atomic E-state index is 12.0. The molecule has 0 amide bonds. The highest BCUT2D eigenvalue weighted by Crippen LogP contribution is 2.21. The highest BCUT2D eigenvalue weighted by molar-refractivity contribution is 7.99. The Balaban J connectivity index is 1.85. The first-order chi connectivity index (χ1) is 7.38. The van der Waals surface area contributed by atoms with Gasteiger partial charge in [-0.1, -0.05) is 12.1 Å². The predicted molar refractivity (Wildman–Crippen MR) is 63.0 cm³/mol. The van der Waals surface area contributed by atoms with Gasteiger partial charge in [-0.2, -0.15) is 0 Å². The highest BCUT2D eigenvalue weighted by Gasteiger charge is 2.19. The number of halogens is 1. The largest absolute Gasteiger partial charge is 0.310 e. The van der Waals surface area contributed by atoms with Crippen molar-refractivity contribution in [1.82, 2.24) is 5.32 Å². The minimum Gasteiger partial charge on any atom is -0.310 e. The van der Waals surface area contributed by atoms with Gasteiger partial charge in [0, 0.05) is 23.2 Å². The molecule has 1 fully saturated rings. The van der Waals surface area contributed by atoms with Crippen LogP contribution in [0, 0.1) is 0 Å². The molecule has 15 heavy (non-hydrogen) atoms. The first kappa shape index (κ1) is 11.0. The summed E-state index contributed by atoms with van der Waals surface area (Å²) in [6.45, 7) is 0.684. The Labute approximate surface area is 94.5 Å². The summed E-state index contributed by atoms with van der Waals surface area (Å²) in [5.74, 6) is 0.555. The molecule has 2 rings (SSSR count). The molecule has 1 aromatic rings. The van der Waals surface area contributed by atoms with Crippen molar-refractivity contribution in [2.45, 2.75) is 30.3 Å². The van der Waals surface area contributed by atoms with E-state index >= 15 is 0 Å². The Kier molecular flexibility index (Phi) is 4.03. The van der Waals surface area contributed by atoms with Gasteiger partial charge in [0.05, 0.1) is 6.67 Å². The van der Waals surface area contributed by atoms with E-state index in [1.54, 1.807) is 11.8 Å². The molecule has 0 bridgehead atoms. The van der Waals surface area contributed by atoms with Crippen molar-refractivity contribution in [3.63, 3.8) is 0 Å². The maximum atomic E-state index is 12.0. The average Bonchev–Trinajstić information content (AvgIpc) is 3.08. The molecule has 0 saturated heterocycles. The second-order valence-electron chi connectivity index (χ2n) is 3.84. The van der Waals surface area contributed by atoms with Crippen molar-refractivity contribution in [3.05, 3.63) is 29.8 Å². The molecule has 0 aliphatic heterocycles. The molecule has 0 atom stereocenters. The third kappa shape index (κ3) is 3.84. The van der Waals surface area contributed by atoms with Crippen LogP contribution in [0.15, 0.2) is 29.2 Å². The smallest absolute Gasteiger partial charge is 0.0988 e. The molecule has 3 heteroatoms. The molecule has 0 radical (unpaired) electrons. The van der Waals surface area contributed by atoms with Crippen molar-refractivity contribution in [1.29, 1.82) is 0 Å². The minimum absolute atomic E-state index is 0.255. The number of thioether (sulfide) groups is 1. The van der Waals surface area contributed by atoms with Gasteiger partial charge in [0.15, 0.2) is 0 Å². The van der Waals surface area contributed by atoms with Gasteiger partial charge in [-0.3, -0.25) is 4.39 Å². The van der Waals surface area contributed by atoms with E-state index in [0.717, 1.165) is 12.6 Å². The Bertz CT molecular complexity index is 312. The van der Waals surface area contributed by atoms with Gasteiger partial charge in [-0.25, -0.2) is 0 Å². The lowest BCUT2D eigenvalue weighted by Crippen LogP contribution is -2.15. The fourth-order valence-corrected chi connectivity index (χ4v) is 2.17. The van der Waals surface area contributed by atoms with Crippen LogP contribution in [-0.4, -0.2) is 18.5 Å². The Morgan fingerprint density at radius 2 is 2.27 bits per heavy atom. The monoisotopic (exact) mass is 225 g/mol. The van der Waals surface area contributed by atoms with Gasteiger partial charge in [0.2, 0.25) is 0 Å². The van der Waals surface area contributed by atoms with Crippen molar-refractivity contribution < 1.29 is 4.39 Å². The summed E-state index contributed by atoms with van der Waals surface area (Å²) in [7, 11) is 0. The topological polar surface area (TPSA) is 12.0 Å². The molecule has 1 nitrogen and oxygen atoms in total. The second kappa shape index (κ2) is 5.52. The van der Waals surface area contributed by atoms with Crippen LogP contribution in [0.5, 0.6) is 0 Å². The third-order valence-electron chi connectivity index (χ3n) is 2.42. The van der Waals surface area contributed by atoms with Gasteiger partial charge < -0.3 is 5.32 Å². The molecule has 1 N–H and O–H groups in total. The maximum Gasteiger partial charge on any atom is 0.0988 e. The van der Waals surface area contributed by atoms with Crippen LogP contribution < -0.4 is 5.32 Å². The van der Waals surface area contributed by atoms with E-state index in [4.69, 9.17) is 0 Å². The Hall–Kier alpha value is -0.540. The van der Waals surface area contributed by atoms with E-state index in [1.165, 1.54) is 23.3 Å². The van der Waals surface area contributed by atoms with E-state index in [2.05, 4.69) is 17.4 Å². The van der Waals surface area contributed by atoms with E-state index in [9.17, 15) is 4.39 Å². The van der Waals surface area contributed by atoms with Crippen LogP contribution >= 0.6 is 11.8 Å². The zero-order valence-electron chi connectivity index (χ0n) is 8.71. The molecule has 0 aromatic heterocycles. The summed E-state index contributed by atoms with van der Waals surface area (Å²) in [5, 5.41) is 3.47. The molecule has 1 saturated carbocycles. The zero-order valence-corrected chi connectivity index (χ0v) is 9.52. The lowest BCUT2D eigenvalue weighted by atomic mass is 10.2. The zero-order chi connectivity index (χ0) is 10.5. The predicted octanol–water partition coefficient (Wildman–Crippen LogP) is 3.00. The first-order valence-electron chi connectivity index (χ1n) is 5.39. The van der Waals surface area contributed by atoms with Crippen LogP contribution in [-0.2, 0) is 6.54 Å². The van der Waals surface area contributed by atoms with Crippen LogP contribution in [0.2, 0.25) is 0 Å². The molecule has 0 spiro atoms. The van der Waals surface area contributed by atoms with Crippen LogP contribution in [0.4, 0.5) is 4.39 Å². The lowest BCUT2D eigenvalue weighted by Gasteiger charge is -2.05. The highest BCUT2D eigenvalue weighted by atomic mass is 32.2. The summed E-state index contributed by atoms with van der Waals surface area (Å²) in [6, 6.07) is 9.10. The summed E-state index contributed by atoms with van der Waals surface area (Å²) >= 11 is 1.58. The van der Waals surface area contributed by atoms with E-state index < -0.39 is 0 Å². The molecule has 1 aromatic carbocycles. The van der Waals surface area contributed by atoms with Gasteiger partial charge in [0.25, 0.3) is 0 Å². The van der Waals surface area contributed by atoms with Crippen LogP contribution in [0.3, 0.4) is 0 Å². The lowest BCUT2D eigenvalue weighted by molar-refractivity contribution is 0.533. The van der Waals surface area contributed by atoms with Crippen LogP contribution in [0.1, 0.15) is 18.4 Å². The number of hydrogen-bond acceptors (Lipinski definition) is 2. The summed E-state index contributed by atoms with van der Waals surface area (Å²) in [5.41, 5.74) is 1.30. The number of benzene rings is 1. The first-order valence-corrected chi connectivity index (χ1v) is 6.38. The molecular formula is C12H16FNS. The van der Waals surface area contributed by atoms with Crippen LogP contribution in [0.25, 0.3) is 0 Å². The molecule has 82 valence electrons. The Morgan fingerprint density at radius 1 is 1.40 bits per heavy atom. The molecule has 0 heterocycles. The Morgan fingerprint density at radius 3 is 3.00 bits per heavy atom.